The predicted molar refractivity (Wildman–Crippen MR) is 185 cm³/mol. The van der Waals surface area contributed by atoms with E-state index in [9.17, 15) is 0 Å². The van der Waals surface area contributed by atoms with Crippen molar-refractivity contribution in [2.24, 2.45) is 0 Å². The molecule has 2 aliphatic heterocycles. The first-order valence-corrected chi connectivity index (χ1v) is 16.5. The highest BCUT2D eigenvalue weighted by atomic mass is 16.5. The molecule has 0 amide bonds. The van der Waals surface area contributed by atoms with E-state index in [1.54, 1.807) is 14.2 Å². The Morgan fingerprint density at radius 1 is 0.723 bits per heavy atom. The number of hydrogen-bond donors (Lipinski definition) is 0. The summed E-state index contributed by atoms with van der Waals surface area (Å²) in [5, 5.41) is 0. The zero-order valence-electron chi connectivity index (χ0n) is 26.9. The van der Waals surface area contributed by atoms with Crippen LogP contribution in [0.5, 0.6) is 17.2 Å². The van der Waals surface area contributed by atoms with Crippen molar-refractivity contribution in [3.63, 3.8) is 0 Å². The summed E-state index contributed by atoms with van der Waals surface area (Å²) in [5.74, 6) is 3.52. The Labute approximate surface area is 274 Å². The van der Waals surface area contributed by atoms with E-state index in [1.807, 2.05) is 30.3 Å². The minimum atomic E-state index is 0.567. The molecule has 0 saturated carbocycles. The number of anilines is 2. The van der Waals surface area contributed by atoms with E-state index in [-0.39, 0.29) is 0 Å². The second-order valence-corrected chi connectivity index (χ2v) is 12.4. The molecule has 2 aliphatic rings. The number of aryl methyl sites for hydroxylation is 1. The molecule has 9 nitrogen and oxygen atoms in total. The Morgan fingerprint density at radius 3 is 2.09 bits per heavy atom. The van der Waals surface area contributed by atoms with E-state index in [2.05, 4.69) is 62.9 Å². The van der Waals surface area contributed by atoms with Crippen molar-refractivity contribution < 1.29 is 18.6 Å². The van der Waals surface area contributed by atoms with Gasteiger partial charge < -0.3 is 33.0 Å². The maximum atomic E-state index is 6.42. The van der Waals surface area contributed by atoms with Crippen LogP contribution in [0, 0.1) is 0 Å². The lowest BCUT2D eigenvalue weighted by Gasteiger charge is -2.21. The summed E-state index contributed by atoms with van der Waals surface area (Å²) >= 11 is 0. The van der Waals surface area contributed by atoms with Crippen molar-refractivity contribution in [1.82, 2.24) is 14.5 Å². The van der Waals surface area contributed by atoms with Gasteiger partial charge in [-0.15, -0.1) is 0 Å². The Balaban J connectivity index is 1.16. The topological polar surface area (TPSA) is 78.0 Å². The monoisotopic (exact) mass is 629 g/mol. The molecular formula is C38H39N5O4. The van der Waals surface area contributed by atoms with Crippen molar-refractivity contribution in [3.05, 3.63) is 90.0 Å². The molecule has 240 valence electrons. The van der Waals surface area contributed by atoms with E-state index in [4.69, 9.17) is 28.6 Å². The van der Waals surface area contributed by atoms with Crippen molar-refractivity contribution in [2.75, 3.05) is 43.7 Å². The van der Waals surface area contributed by atoms with E-state index in [0.29, 0.717) is 19.1 Å². The minimum Gasteiger partial charge on any atom is -0.497 e. The third-order valence-corrected chi connectivity index (χ3v) is 9.27. The molecule has 6 aromatic rings. The lowest BCUT2D eigenvalue weighted by atomic mass is 10.1. The van der Waals surface area contributed by atoms with Crippen LogP contribution >= 0.6 is 0 Å². The van der Waals surface area contributed by atoms with E-state index < -0.39 is 0 Å². The molecule has 9 heteroatoms. The highest BCUT2D eigenvalue weighted by Crippen LogP contribution is 2.38. The van der Waals surface area contributed by atoms with Crippen LogP contribution in [-0.4, -0.2) is 48.5 Å². The maximum absolute atomic E-state index is 6.42. The standard InChI is InChI=1S/C38H39N5O4/c1-44-30-12-7-26(8-13-30)24-42(25-27-9-14-31(45-2)15-10-27)38-40-32-21-28(11-16-34(32)47-38)37-39-33-22-29(41-17-3-4-18-41)23-35-36(33)43(37)19-5-6-20-46-35/h7-16,21-23H,3-6,17-20,24-25H2,1-2H3. The number of hydrogen-bond acceptors (Lipinski definition) is 8. The number of ether oxygens (including phenoxy) is 3. The van der Waals surface area contributed by atoms with Crippen LogP contribution in [0.4, 0.5) is 11.7 Å². The Bertz CT molecular complexity index is 1960. The van der Waals surface area contributed by atoms with Gasteiger partial charge in [-0.3, -0.25) is 0 Å². The van der Waals surface area contributed by atoms with Gasteiger partial charge in [0.15, 0.2) is 5.58 Å². The fraction of sp³-hybridized carbons (Fsp3) is 0.316. The second kappa shape index (κ2) is 12.5. The fourth-order valence-electron chi connectivity index (χ4n) is 6.76. The molecule has 0 aliphatic carbocycles. The number of methoxy groups -OCH3 is 2. The van der Waals surface area contributed by atoms with Crippen LogP contribution in [0.3, 0.4) is 0 Å². The van der Waals surface area contributed by atoms with Crippen LogP contribution in [0.1, 0.15) is 36.8 Å². The van der Waals surface area contributed by atoms with Gasteiger partial charge in [0.25, 0.3) is 6.01 Å². The zero-order valence-corrected chi connectivity index (χ0v) is 26.9. The van der Waals surface area contributed by atoms with Crippen LogP contribution in [0.2, 0.25) is 0 Å². The summed E-state index contributed by atoms with van der Waals surface area (Å²) in [4.78, 5) is 14.9. The second-order valence-electron chi connectivity index (χ2n) is 12.4. The molecule has 0 bridgehead atoms. The van der Waals surface area contributed by atoms with E-state index >= 15 is 0 Å². The van der Waals surface area contributed by atoms with Crippen molar-refractivity contribution in [1.29, 1.82) is 0 Å². The molecule has 0 spiro atoms. The molecule has 4 heterocycles. The van der Waals surface area contributed by atoms with Gasteiger partial charge in [-0.1, -0.05) is 24.3 Å². The number of oxazole rings is 1. The molecule has 0 atom stereocenters. The zero-order chi connectivity index (χ0) is 31.7. The lowest BCUT2D eigenvalue weighted by molar-refractivity contribution is 0.299. The van der Waals surface area contributed by atoms with Gasteiger partial charge in [0, 0.05) is 50.0 Å². The number of aromatic nitrogens is 3. The number of benzene rings is 4. The SMILES string of the molecule is COc1ccc(CN(Cc2ccc(OC)cc2)c2nc3cc(-c4nc5cc(N6CCCC6)cc6c5n4CCCCO6)ccc3o2)cc1. The summed E-state index contributed by atoms with van der Waals surface area (Å²) in [6.45, 7) is 5.03. The average molecular weight is 630 g/mol. The Morgan fingerprint density at radius 2 is 1.40 bits per heavy atom. The quantitative estimate of drug-likeness (QED) is 0.160. The minimum absolute atomic E-state index is 0.567. The van der Waals surface area contributed by atoms with Gasteiger partial charge in [-0.2, -0.15) is 4.98 Å². The molecule has 47 heavy (non-hydrogen) atoms. The van der Waals surface area contributed by atoms with E-state index in [1.165, 1.54) is 18.5 Å². The van der Waals surface area contributed by atoms with Crippen molar-refractivity contribution in [3.8, 4) is 28.6 Å². The maximum Gasteiger partial charge on any atom is 0.298 e. The number of fused-ring (bicyclic) bond motifs is 1. The summed E-state index contributed by atoms with van der Waals surface area (Å²) < 4.78 is 25.9. The normalized spacial score (nSPS) is 14.6. The molecule has 4 aromatic carbocycles. The van der Waals surface area contributed by atoms with Crippen LogP contribution in [-0.2, 0) is 19.6 Å². The van der Waals surface area contributed by atoms with Crippen molar-refractivity contribution in [2.45, 2.75) is 45.3 Å². The largest absolute Gasteiger partial charge is 0.497 e. The molecule has 0 radical (unpaired) electrons. The Hall–Kier alpha value is -5.18. The molecule has 8 rings (SSSR count). The molecule has 1 saturated heterocycles. The van der Waals surface area contributed by atoms with Crippen LogP contribution in [0.15, 0.2) is 83.3 Å². The van der Waals surface area contributed by atoms with Crippen LogP contribution in [0.25, 0.3) is 33.5 Å². The Kier molecular flexibility index (Phi) is 7.81. The highest BCUT2D eigenvalue weighted by molar-refractivity contribution is 5.91. The molecule has 1 fully saturated rings. The number of nitrogens with zero attached hydrogens (tertiary/aromatic N) is 5. The molecule has 0 N–H and O–H groups in total. The van der Waals surface area contributed by atoms with Crippen LogP contribution < -0.4 is 24.0 Å². The molecule has 0 unspecified atom stereocenters. The number of imidazole rings is 1. The summed E-state index contributed by atoms with van der Waals surface area (Å²) in [6.07, 6.45) is 4.50. The van der Waals surface area contributed by atoms with Gasteiger partial charge in [0.05, 0.1) is 26.3 Å². The third kappa shape index (κ3) is 5.82. The predicted octanol–water partition coefficient (Wildman–Crippen LogP) is 7.84. The third-order valence-electron chi connectivity index (χ3n) is 9.27. The van der Waals surface area contributed by atoms with E-state index in [0.717, 1.165) is 101 Å². The smallest absolute Gasteiger partial charge is 0.298 e. The molecular weight excluding hydrogens is 590 g/mol. The first-order chi connectivity index (χ1) is 23.1. The van der Waals surface area contributed by atoms with Gasteiger partial charge in [-0.25, -0.2) is 4.98 Å². The number of rotatable bonds is 9. The highest BCUT2D eigenvalue weighted by Gasteiger charge is 2.23. The summed E-state index contributed by atoms with van der Waals surface area (Å²) in [7, 11) is 3.36. The van der Waals surface area contributed by atoms with Gasteiger partial charge in [0.1, 0.15) is 34.1 Å². The fourth-order valence-corrected chi connectivity index (χ4v) is 6.76. The average Bonchev–Trinajstić information content (AvgIpc) is 3.86. The first kappa shape index (κ1) is 29.2. The summed E-state index contributed by atoms with van der Waals surface area (Å²) in [5.41, 5.74) is 8.06. The van der Waals surface area contributed by atoms with Gasteiger partial charge in [0.2, 0.25) is 0 Å². The first-order valence-electron chi connectivity index (χ1n) is 16.5. The van der Waals surface area contributed by atoms with Gasteiger partial charge >= 0.3 is 0 Å². The summed E-state index contributed by atoms with van der Waals surface area (Å²) in [6, 6.07) is 27.5. The van der Waals surface area contributed by atoms with Crippen molar-refractivity contribution >= 4 is 33.8 Å². The lowest BCUT2D eigenvalue weighted by Crippen LogP contribution is -2.22. The van der Waals surface area contributed by atoms with Gasteiger partial charge in [-0.05, 0) is 85.3 Å². The molecule has 2 aromatic heterocycles.